The van der Waals surface area contributed by atoms with Crippen molar-refractivity contribution in [1.82, 2.24) is 4.90 Å². The number of hydrogen-bond donors (Lipinski definition) is 0. The van der Waals surface area contributed by atoms with E-state index >= 15 is 0 Å². The molecular formula is C24H23FN2O3. The molecule has 1 aliphatic heterocycles. The molecule has 0 atom stereocenters. The fourth-order valence-electron chi connectivity index (χ4n) is 3.45. The molecule has 0 spiro atoms. The molecule has 154 valence electrons. The zero-order valence-corrected chi connectivity index (χ0v) is 16.8. The first-order valence-electron chi connectivity index (χ1n) is 9.84. The summed E-state index contributed by atoms with van der Waals surface area (Å²) in [6.45, 7) is 2.69. The third kappa shape index (κ3) is 4.54. The Morgan fingerprint density at radius 1 is 0.767 bits per heavy atom. The highest BCUT2D eigenvalue weighted by Crippen LogP contribution is 2.24. The maximum absolute atomic E-state index is 13.1. The van der Waals surface area contributed by atoms with E-state index in [1.807, 2.05) is 29.2 Å². The van der Waals surface area contributed by atoms with Gasteiger partial charge in [-0.15, -0.1) is 0 Å². The van der Waals surface area contributed by atoms with E-state index in [1.54, 1.807) is 43.5 Å². The van der Waals surface area contributed by atoms with Crippen molar-refractivity contribution in [2.75, 3.05) is 38.2 Å². The van der Waals surface area contributed by atoms with Crippen LogP contribution in [-0.2, 0) is 0 Å². The van der Waals surface area contributed by atoms with Crippen molar-refractivity contribution in [3.8, 4) is 17.2 Å². The first-order chi connectivity index (χ1) is 14.6. The second kappa shape index (κ2) is 8.86. The molecule has 4 rings (SSSR count). The lowest BCUT2D eigenvalue weighted by Gasteiger charge is -2.36. The number of benzene rings is 3. The third-order valence-electron chi connectivity index (χ3n) is 5.16. The number of ether oxygens (including phenoxy) is 2. The van der Waals surface area contributed by atoms with Gasteiger partial charge in [0.05, 0.1) is 7.11 Å². The predicted molar refractivity (Wildman–Crippen MR) is 114 cm³/mol. The van der Waals surface area contributed by atoms with Crippen LogP contribution in [0.15, 0.2) is 72.8 Å². The van der Waals surface area contributed by atoms with Gasteiger partial charge < -0.3 is 19.3 Å². The standard InChI is InChI=1S/C24H23FN2O3/c1-29-21-10-12-23(13-11-21)30-22-8-2-18(3-9-22)24(28)27-16-14-26(15-17-27)20-6-4-19(25)5-7-20/h2-13H,14-17H2,1H3. The Morgan fingerprint density at radius 2 is 1.30 bits per heavy atom. The van der Waals surface area contributed by atoms with Crippen LogP contribution in [-0.4, -0.2) is 44.1 Å². The van der Waals surface area contributed by atoms with Crippen LogP contribution in [0.4, 0.5) is 10.1 Å². The van der Waals surface area contributed by atoms with Crippen LogP contribution < -0.4 is 14.4 Å². The summed E-state index contributed by atoms with van der Waals surface area (Å²) in [5, 5.41) is 0. The average Bonchev–Trinajstić information content (AvgIpc) is 2.80. The van der Waals surface area contributed by atoms with Crippen LogP contribution in [0.5, 0.6) is 17.2 Å². The van der Waals surface area contributed by atoms with E-state index in [0.29, 0.717) is 30.2 Å². The zero-order chi connectivity index (χ0) is 20.9. The maximum Gasteiger partial charge on any atom is 0.253 e. The molecule has 0 N–H and O–H groups in total. The number of amides is 1. The van der Waals surface area contributed by atoms with Gasteiger partial charge in [0.2, 0.25) is 0 Å². The number of anilines is 1. The monoisotopic (exact) mass is 406 g/mol. The lowest BCUT2D eigenvalue weighted by molar-refractivity contribution is 0.0747. The van der Waals surface area contributed by atoms with Crippen molar-refractivity contribution in [3.05, 3.63) is 84.2 Å². The molecule has 5 nitrogen and oxygen atoms in total. The SMILES string of the molecule is COc1ccc(Oc2ccc(C(=O)N3CCN(c4ccc(F)cc4)CC3)cc2)cc1. The molecule has 0 saturated carbocycles. The molecule has 1 saturated heterocycles. The van der Waals surface area contributed by atoms with Crippen LogP contribution in [0.2, 0.25) is 0 Å². The fourth-order valence-corrected chi connectivity index (χ4v) is 3.45. The predicted octanol–water partition coefficient (Wildman–Crippen LogP) is 4.59. The van der Waals surface area contributed by atoms with Gasteiger partial charge in [0.1, 0.15) is 23.1 Å². The highest BCUT2D eigenvalue weighted by atomic mass is 19.1. The second-order valence-electron chi connectivity index (χ2n) is 7.06. The number of halogens is 1. The largest absolute Gasteiger partial charge is 0.497 e. The van der Waals surface area contributed by atoms with E-state index in [0.717, 1.165) is 24.5 Å². The summed E-state index contributed by atoms with van der Waals surface area (Å²) in [4.78, 5) is 16.8. The van der Waals surface area contributed by atoms with Gasteiger partial charge in [0.25, 0.3) is 5.91 Å². The summed E-state index contributed by atoms with van der Waals surface area (Å²) in [7, 11) is 1.62. The molecule has 1 fully saturated rings. The summed E-state index contributed by atoms with van der Waals surface area (Å²) in [6.07, 6.45) is 0. The summed E-state index contributed by atoms with van der Waals surface area (Å²) >= 11 is 0. The number of carbonyl (C=O) groups excluding carboxylic acids is 1. The molecule has 3 aromatic rings. The Bertz CT molecular complexity index is 980. The molecule has 6 heteroatoms. The summed E-state index contributed by atoms with van der Waals surface area (Å²) in [5.74, 6) is 1.89. The van der Waals surface area contributed by atoms with Gasteiger partial charge in [-0.25, -0.2) is 4.39 Å². The molecule has 0 bridgehead atoms. The van der Waals surface area contributed by atoms with E-state index in [2.05, 4.69) is 4.90 Å². The quantitative estimate of drug-likeness (QED) is 0.622. The summed E-state index contributed by atoms with van der Waals surface area (Å²) < 4.78 is 24.1. The molecule has 30 heavy (non-hydrogen) atoms. The van der Waals surface area contributed by atoms with Gasteiger partial charge in [-0.05, 0) is 72.8 Å². The topological polar surface area (TPSA) is 42.0 Å². The Labute approximate surface area is 175 Å². The lowest BCUT2D eigenvalue weighted by Crippen LogP contribution is -2.48. The van der Waals surface area contributed by atoms with Crippen LogP contribution in [0.25, 0.3) is 0 Å². The van der Waals surface area contributed by atoms with Crippen molar-refractivity contribution in [3.63, 3.8) is 0 Å². The van der Waals surface area contributed by atoms with Crippen LogP contribution >= 0.6 is 0 Å². The molecule has 1 amide bonds. The molecule has 1 heterocycles. The minimum absolute atomic E-state index is 0.00440. The molecule has 0 unspecified atom stereocenters. The number of hydrogen-bond acceptors (Lipinski definition) is 4. The fraction of sp³-hybridized carbons (Fsp3) is 0.208. The number of rotatable bonds is 5. The molecular weight excluding hydrogens is 383 g/mol. The normalized spacial score (nSPS) is 13.8. The number of piperazine rings is 1. The molecule has 0 aliphatic carbocycles. The van der Waals surface area contributed by atoms with E-state index in [4.69, 9.17) is 9.47 Å². The van der Waals surface area contributed by atoms with E-state index in [9.17, 15) is 9.18 Å². The highest BCUT2D eigenvalue weighted by Gasteiger charge is 2.22. The summed E-state index contributed by atoms with van der Waals surface area (Å²) in [5.41, 5.74) is 1.61. The number of nitrogens with zero attached hydrogens (tertiary/aromatic N) is 2. The van der Waals surface area contributed by atoms with Crippen LogP contribution in [0.3, 0.4) is 0 Å². The molecule has 0 aromatic heterocycles. The number of carbonyl (C=O) groups is 1. The highest BCUT2D eigenvalue weighted by molar-refractivity contribution is 5.94. The Hall–Kier alpha value is -3.54. The minimum Gasteiger partial charge on any atom is -0.497 e. The molecule has 3 aromatic carbocycles. The summed E-state index contributed by atoms with van der Waals surface area (Å²) in [6, 6.07) is 21.0. The first kappa shape index (κ1) is 19.8. The zero-order valence-electron chi connectivity index (χ0n) is 16.8. The van der Waals surface area contributed by atoms with Crippen molar-refractivity contribution in [1.29, 1.82) is 0 Å². The molecule has 1 aliphatic rings. The van der Waals surface area contributed by atoms with Crippen molar-refractivity contribution in [2.24, 2.45) is 0 Å². The van der Waals surface area contributed by atoms with Crippen molar-refractivity contribution >= 4 is 11.6 Å². The smallest absolute Gasteiger partial charge is 0.253 e. The van der Waals surface area contributed by atoms with Gasteiger partial charge >= 0.3 is 0 Å². The van der Waals surface area contributed by atoms with E-state index in [1.165, 1.54) is 12.1 Å². The Balaban J connectivity index is 1.34. The number of methoxy groups -OCH3 is 1. The Morgan fingerprint density at radius 3 is 1.87 bits per heavy atom. The van der Waals surface area contributed by atoms with Gasteiger partial charge in [0, 0.05) is 37.4 Å². The minimum atomic E-state index is -0.244. The van der Waals surface area contributed by atoms with Gasteiger partial charge in [-0.2, -0.15) is 0 Å². The van der Waals surface area contributed by atoms with E-state index < -0.39 is 0 Å². The van der Waals surface area contributed by atoms with Crippen molar-refractivity contribution < 1.29 is 18.7 Å². The Kier molecular flexibility index (Phi) is 5.84. The third-order valence-corrected chi connectivity index (χ3v) is 5.16. The van der Waals surface area contributed by atoms with Crippen LogP contribution in [0.1, 0.15) is 10.4 Å². The lowest BCUT2D eigenvalue weighted by atomic mass is 10.1. The van der Waals surface area contributed by atoms with Crippen molar-refractivity contribution in [2.45, 2.75) is 0 Å². The van der Waals surface area contributed by atoms with Gasteiger partial charge in [0.15, 0.2) is 0 Å². The van der Waals surface area contributed by atoms with Gasteiger partial charge in [-0.3, -0.25) is 4.79 Å². The maximum atomic E-state index is 13.1. The van der Waals surface area contributed by atoms with E-state index in [-0.39, 0.29) is 11.7 Å². The van der Waals surface area contributed by atoms with Crippen LogP contribution in [0, 0.1) is 5.82 Å². The molecule has 0 radical (unpaired) electrons. The van der Waals surface area contributed by atoms with Gasteiger partial charge in [-0.1, -0.05) is 0 Å². The second-order valence-corrected chi connectivity index (χ2v) is 7.06. The average molecular weight is 406 g/mol. The first-order valence-corrected chi connectivity index (χ1v) is 9.84.